The lowest BCUT2D eigenvalue weighted by Crippen LogP contribution is -2.66. The third kappa shape index (κ3) is 33.6. The van der Waals surface area contributed by atoms with Crippen molar-refractivity contribution >= 4 is 88.5 Å². The summed E-state index contributed by atoms with van der Waals surface area (Å²) in [6.07, 6.45) is 0.190. The quantitative estimate of drug-likeness (QED) is 0.0307. The summed E-state index contributed by atoms with van der Waals surface area (Å²) in [4.78, 5) is 213. The van der Waals surface area contributed by atoms with Gasteiger partial charge in [-0.25, -0.2) is 0 Å². The predicted octanol–water partition coefficient (Wildman–Crippen LogP) is 3.36. The number of likely N-dealkylation sites (N-methyl/N-ethyl adjacent to an activating group) is 1. The van der Waals surface area contributed by atoms with Crippen LogP contribution >= 0.6 is 0 Å². The molecular formula is C83H145N15O18. The Hall–Kier alpha value is -8.95. The molecule has 13 atom stereocenters. The number of nitrogens with one attached hydrogen (secondary N) is 14. The van der Waals surface area contributed by atoms with Crippen LogP contribution in [-0.4, -0.2) is 208 Å². The summed E-state index contributed by atoms with van der Waals surface area (Å²) >= 11 is 0. The molecule has 0 aromatic rings. The average Bonchev–Trinajstić information content (AvgIpc) is 0.821. The van der Waals surface area contributed by atoms with Crippen molar-refractivity contribution in [3.05, 3.63) is 45.1 Å². The molecule has 0 aliphatic rings. The fourth-order valence-electron chi connectivity index (χ4n) is 11.9. The van der Waals surface area contributed by atoms with Crippen molar-refractivity contribution < 1.29 is 87.2 Å². The summed E-state index contributed by atoms with van der Waals surface area (Å²) in [6, 6.07) is -12.3. The Morgan fingerprint density at radius 1 is 0.397 bits per heavy atom. The second-order valence-corrected chi connectivity index (χ2v) is 34.7. The molecule has 0 aromatic heterocycles. The highest BCUT2D eigenvalue weighted by Gasteiger charge is 2.46. The molecule has 0 rings (SSSR count). The van der Waals surface area contributed by atoms with Gasteiger partial charge in [-0.2, -0.15) is 0 Å². The van der Waals surface area contributed by atoms with Crippen molar-refractivity contribution in [1.82, 2.24) is 79.3 Å². The van der Waals surface area contributed by atoms with E-state index in [9.17, 15) is 87.2 Å². The van der Waals surface area contributed by atoms with Crippen LogP contribution in [0.5, 0.6) is 0 Å². The van der Waals surface area contributed by atoms with E-state index in [1.165, 1.54) is 69.2 Å². The number of allylic oxidation sites excluding steroid dienone is 4. The minimum absolute atomic E-state index is 0.0139. The lowest BCUT2D eigenvalue weighted by atomic mass is 9.78. The SMILES string of the molecule is CC/C(C)=C(\NC(=O)[C@@H](NC(=O)C(C)(C)C(=O)C(C)CC(C)C)[C@@H](C)C(C)O)C(=O)NCC(=O)N/C(C(=O)N[C@H](C(=O)N[C@H](C(=O)N[C@H](C(=O)N[C@H](C(=O)N/C(C(=O)N[C@@H](C)C(=O)N[C@H](C(=O)N[C@H](C(=O)NC(C(=O)N[C@H](CN(C)C)C(C)C)=C(C)C)C(C)C)C(C)C)=C(\C)CC)C(C)(C)O)C(C)(C)O)[C@@H](C)CC)C(C)C)=C(\C)CC. The van der Waals surface area contributed by atoms with Crippen molar-refractivity contribution in [2.75, 3.05) is 27.2 Å². The molecule has 0 aliphatic heterocycles. The molecule has 0 fully saturated rings. The Bertz CT molecular complexity index is 3610. The number of carbonyl (C=O) groups excluding carboxylic acids is 15. The van der Waals surface area contributed by atoms with E-state index >= 15 is 0 Å². The number of hydrogen-bond donors (Lipinski definition) is 17. The van der Waals surface area contributed by atoms with Gasteiger partial charge in [-0.05, 0) is 188 Å². The first kappa shape index (κ1) is 107. The Labute approximate surface area is 688 Å². The van der Waals surface area contributed by atoms with E-state index in [-0.39, 0.29) is 77.7 Å². The molecule has 0 spiro atoms. The summed E-state index contributed by atoms with van der Waals surface area (Å²) in [5, 5.41) is 70.2. The Morgan fingerprint density at radius 3 is 1.20 bits per heavy atom. The van der Waals surface area contributed by atoms with Gasteiger partial charge < -0.3 is 94.7 Å². The number of Topliss-reactive ketones (excluding diaryl/α,β-unsaturated/α-hetero) is 1. The second kappa shape index (κ2) is 48.1. The van der Waals surface area contributed by atoms with Gasteiger partial charge in [0, 0.05) is 24.4 Å². The van der Waals surface area contributed by atoms with Gasteiger partial charge in [0.2, 0.25) is 59.1 Å². The molecule has 0 saturated heterocycles. The molecule has 17 N–H and O–H groups in total. The monoisotopic (exact) mass is 1640 g/mol. The van der Waals surface area contributed by atoms with Crippen molar-refractivity contribution in [1.29, 1.82) is 0 Å². The summed E-state index contributed by atoms with van der Waals surface area (Å²) in [6.45, 7) is 47.3. The van der Waals surface area contributed by atoms with Gasteiger partial charge in [0.05, 0.1) is 23.9 Å². The largest absolute Gasteiger partial charge is 0.393 e. The number of aliphatic hydroxyl groups is 3. The van der Waals surface area contributed by atoms with E-state index in [0.717, 1.165) is 0 Å². The molecular weight excluding hydrogens is 1490 g/mol. The molecule has 14 amide bonds. The predicted molar refractivity (Wildman–Crippen MR) is 444 cm³/mol. The van der Waals surface area contributed by atoms with Crippen LogP contribution in [0, 0.1) is 52.8 Å². The zero-order valence-corrected chi connectivity index (χ0v) is 75.3. The van der Waals surface area contributed by atoms with Crippen molar-refractivity contribution in [2.45, 2.75) is 311 Å². The van der Waals surface area contributed by atoms with Crippen LogP contribution in [0.2, 0.25) is 0 Å². The molecule has 0 saturated carbocycles. The number of aliphatic hydroxyl groups excluding tert-OH is 1. The fraction of sp³-hybridized carbons (Fsp3) is 0.723. The lowest BCUT2D eigenvalue weighted by molar-refractivity contribution is -0.145. The van der Waals surface area contributed by atoms with Gasteiger partial charge in [-0.3, -0.25) is 71.9 Å². The smallest absolute Gasteiger partial charge is 0.268 e. The fourth-order valence-corrected chi connectivity index (χ4v) is 11.9. The molecule has 0 aromatic carbocycles. The van der Waals surface area contributed by atoms with E-state index in [2.05, 4.69) is 74.4 Å². The van der Waals surface area contributed by atoms with E-state index in [1.807, 2.05) is 46.7 Å². The van der Waals surface area contributed by atoms with Gasteiger partial charge in [-0.1, -0.05) is 124 Å². The molecule has 0 radical (unpaired) electrons. The zero-order chi connectivity index (χ0) is 90.6. The van der Waals surface area contributed by atoms with Crippen LogP contribution in [-0.2, 0) is 71.9 Å². The Morgan fingerprint density at radius 2 is 0.776 bits per heavy atom. The lowest BCUT2D eigenvalue weighted by Gasteiger charge is -2.35. The van der Waals surface area contributed by atoms with Gasteiger partial charge in [-0.15, -0.1) is 0 Å². The number of ketones is 1. The highest BCUT2D eigenvalue weighted by molar-refractivity contribution is 6.09. The number of nitrogens with zero attached hydrogens (tertiary/aromatic N) is 1. The molecule has 2 unspecified atom stereocenters. The topological polar surface area (TPSA) is 488 Å². The summed E-state index contributed by atoms with van der Waals surface area (Å²) in [5.41, 5.74) is -5.35. The van der Waals surface area contributed by atoms with Gasteiger partial charge >= 0.3 is 0 Å². The van der Waals surface area contributed by atoms with Gasteiger partial charge in [0.1, 0.15) is 76.5 Å². The maximum atomic E-state index is 14.6. The normalized spacial score (nSPS) is 16.0. The summed E-state index contributed by atoms with van der Waals surface area (Å²) < 4.78 is 0. The van der Waals surface area contributed by atoms with Crippen LogP contribution in [0.1, 0.15) is 240 Å². The third-order valence-electron chi connectivity index (χ3n) is 20.5. The van der Waals surface area contributed by atoms with Crippen LogP contribution in [0.4, 0.5) is 0 Å². The molecule has 0 aliphatic carbocycles. The number of amides is 14. The molecule has 33 heteroatoms. The van der Waals surface area contributed by atoms with Crippen molar-refractivity contribution in [3.8, 4) is 0 Å². The molecule has 33 nitrogen and oxygen atoms in total. The van der Waals surface area contributed by atoms with E-state index in [0.29, 0.717) is 29.7 Å². The third-order valence-corrected chi connectivity index (χ3v) is 20.5. The summed E-state index contributed by atoms with van der Waals surface area (Å²) in [5.74, 6) is -16.6. The highest BCUT2D eigenvalue weighted by Crippen LogP contribution is 2.28. The van der Waals surface area contributed by atoms with Crippen molar-refractivity contribution in [2.24, 2.45) is 52.8 Å². The molecule has 660 valence electrons. The minimum atomic E-state index is -2.15. The maximum absolute atomic E-state index is 14.6. The first-order chi connectivity index (χ1) is 53.1. The van der Waals surface area contributed by atoms with Gasteiger partial charge in [0.15, 0.2) is 5.78 Å². The first-order valence-corrected chi connectivity index (χ1v) is 40.5. The molecule has 116 heavy (non-hydrogen) atoms. The first-order valence-electron chi connectivity index (χ1n) is 40.5. The second-order valence-electron chi connectivity index (χ2n) is 34.7. The van der Waals surface area contributed by atoms with Crippen LogP contribution < -0.4 is 74.4 Å². The number of hydrogen-bond acceptors (Lipinski definition) is 19. The van der Waals surface area contributed by atoms with E-state index in [1.54, 1.807) is 111 Å². The van der Waals surface area contributed by atoms with E-state index in [4.69, 9.17) is 0 Å². The maximum Gasteiger partial charge on any atom is 0.268 e. The van der Waals surface area contributed by atoms with Crippen LogP contribution in [0.15, 0.2) is 45.1 Å². The highest BCUT2D eigenvalue weighted by atomic mass is 16.3. The standard InChI is InChI=1S/C83H145N15O18/c1-33-46(17)60(92-77(111)64(51(22)53(24)99)95-80(114)81(25,26)67(101)50(21)37-40(5)6)69(103)84-38-55(100)87-61(47(18)34-2)75(109)91-59(45(15)16)73(107)93-63(49(20)36-4)76(110)96-66(83(29,30)116)79(113)97-65(82(27,28)115)78(112)94-62(48(19)35-3)74(108)85-52(23)68(102)88-57(43(11)12)71(105)90-58(44(13)14)72(106)89-56(42(9)10)70(104)86-54(41(7)8)39-98(31)32/h40-41,43-45,49-54,57-59,63-66,99,115-116H,33-39H2,1-32H3,(H,84,103)(H,85,108)(H,86,104)(H,87,100)(H,88,102)(H,89,106)(H,90,105)(H,91,109)(H,92,111)(H,93,107)(H,94,112)(H,95,114)(H,96,110)(H,97,113)/b60-46-,61-47+,62-48+/t49-,50?,51-,52-,53?,54+,57-,58-,59-,63-,64-,65+,66+/m0/s1. The molecule has 0 bridgehead atoms. The average molecular weight is 1640 g/mol. The Kier molecular flexibility index (Phi) is 44.4. The molecule has 0 heterocycles. The number of rotatable bonds is 47. The zero-order valence-electron chi connectivity index (χ0n) is 75.3. The van der Waals surface area contributed by atoms with Crippen molar-refractivity contribution in [3.63, 3.8) is 0 Å². The van der Waals surface area contributed by atoms with E-state index < -0.39 is 196 Å². The van der Waals surface area contributed by atoms with Gasteiger partial charge in [0.25, 0.3) is 23.6 Å². The Balaban J connectivity index is 6.86. The summed E-state index contributed by atoms with van der Waals surface area (Å²) in [7, 11) is 3.75. The van der Waals surface area contributed by atoms with Crippen LogP contribution in [0.3, 0.4) is 0 Å². The number of carbonyl (C=O) groups is 15. The van der Waals surface area contributed by atoms with Crippen LogP contribution in [0.25, 0.3) is 0 Å². The minimum Gasteiger partial charge on any atom is -0.393 e.